The van der Waals surface area contributed by atoms with Gasteiger partial charge in [0.15, 0.2) is 0 Å². The van der Waals surface area contributed by atoms with Crippen molar-refractivity contribution in [3.05, 3.63) is 58.1 Å². The Bertz CT molecular complexity index is 644. The fourth-order valence-corrected chi connectivity index (χ4v) is 3.09. The summed E-state index contributed by atoms with van der Waals surface area (Å²) in [6.07, 6.45) is 2.08. The molecular weight excluding hydrogens is 253 g/mol. The summed E-state index contributed by atoms with van der Waals surface area (Å²) in [4.78, 5) is 0. The lowest BCUT2D eigenvalue weighted by molar-refractivity contribution is 0.866. The minimum atomic E-state index is 0.467. The van der Waals surface area contributed by atoms with Crippen LogP contribution in [-0.4, -0.2) is 7.85 Å². The largest absolute Gasteiger partial charge is 0.398 e. The molecule has 0 saturated heterocycles. The number of benzene rings is 2. The molecule has 0 unspecified atom stereocenters. The summed E-state index contributed by atoms with van der Waals surface area (Å²) in [5.74, 6) is 0.467. The number of hydrogen-bond acceptors (Lipinski definition) is 1. The number of aryl methyl sites for hydroxylation is 2. The Morgan fingerprint density at radius 1 is 1.14 bits per heavy atom. The summed E-state index contributed by atoms with van der Waals surface area (Å²) >= 11 is 0. The first-order valence-corrected chi connectivity index (χ1v) is 7.89. The van der Waals surface area contributed by atoms with Crippen molar-refractivity contribution in [2.75, 3.05) is 5.73 Å². The highest BCUT2D eigenvalue weighted by Gasteiger charge is 2.10. The number of nitrogen functional groups attached to an aromatic ring is 1. The Labute approximate surface area is 130 Å². The Kier molecular flexibility index (Phi) is 4.77. The summed E-state index contributed by atoms with van der Waals surface area (Å²) in [6, 6.07) is 11.1. The maximum absolute atomic E-state index is 6.09. The van der Waals surface area contributed by atoms with Crippen molar-refractivity contribution >= 4 is 19.0 Å². The van der Waals surface area contributed by atoms with Gasteiger partial charge in [0.25, 0.3) is 0 Å². The Balaban J connectivity index is 2.41. The zero-order valence-corrected chi connectivity index (χ0v) is 14.0. The van der Waals surface area contributed by atoms with E-state index < -0.39 is 0 Å². The molecule has 2 aromatic carbocycles. The number of hydrogen-bond donors (Lipinski definition) is 1. The molecule has 110 valence electrons. The van der Waals surface area contributed by atoms with Crippen LogP contribution in [0.15, 0.2) is 30.3 Å². The van der Waals surface area contributed by atoms with Gasteiger partial charge in [-0.25, -0.2) is 0 Å². The monoisotopic (exact) mass is 279 g/mol. The van der Waals surface area contributed by atoms with Crippen LogP contribution in [0.3, 0.4) is 0 Å². The highest BCUT2D eigenvalue weighted by Crippen LogP contribution is 2.25. The molecule has 0 bridgehead atoms. The Morgan fingerprint density at radius 2 is 1.86 bits per heavy atom. The lowest BCUT2D eigenvalue weighted by Crippen LogP contribution is -2.09. The Morgan fingerprint density at radius 3 is 2.48 bits per heavy atom. The van der Waals surface area contributed by atoms with Crippen molar-refractivity contribution in [3.63, 3.8) is 0 Å². The zero-order chi connectivity index (χ0) is 15.6. The Hall–Kier alpha value is -1.70. The minimum absolute atomic E-state index is 0.467. The maximum atomic E-state index is 6.09. The molecule has 0 saturated carbocycles. The molecule has 0 radical (unpaired) electrons. The standard InChI is InChI=1S/C19H26BN/c1-5-15-11-16(20)8-13(4)18(15)10-14-6-7-19(21)17(9-14)12(2)3/h6-9,11-12H,5,10,20-21H2,1-4H3. The van der Waals surface area contributed by atoms with E-state index in [0.29, 0.717) is 5.92 Å². The summed E-state index contributed by atoms with van der Waals surface area (Å²) in [5.41, 5.74) is 15.3. The quantitative estimate of drug-likeness (QED) is 0.675. The van der Waals surface area contributed by atoms with E-state index in [1.54, 1.807) is 0 Å². The van der Waals surface area contributed by atoms with Crippen LogP contribution in [0.5, 0.6) is 0 Å². The van der Waals surface area contributed by atoms with Gasteiger partial charge in [-0.15, -0.1) is 0 Å². The van der Waals surface area contributed by atoms with Crippen LogP contribution in [-0.2, 0) is 12.8 Å². The number of anilines is 1. The van der Waals surface area contributed by atoms with Gasteiger partial charge in [-0.2, -0.15) is 0 Å². The smallest absolute Gasteiger partial charge is 0.139 e. The normalized spacial score (nSPS) is 11.1. The lowest BCUT2D eigenvalue weighted by atomic mass is 9.85. The summed E-state index contributed by atoms with van der Waals surface area (Å²) in [7, 11) is 2.18. The number of rotatable bonds is 4. The first-order chi connectivity index (χ1) is 9.92. The second kappa shape index (κ2) is 6.38. The molecule has 0 aromatic heterocycles. The summed E-state index contributed by atoms with van der Waals surface area (Å²) in [5, 5.41) is 0. The molecule has 2 N–H and O–H groups in total. The van der Waals surface area contributed by atoms with Gasteiger partial charge in [0.1, 0.15) is 7.85 Å². The lowest BCUT2D eigenvalue weighted by Gasteiger charge is -2.16. The second-order valence-electron chi connectivity index (χ2n) is 6.37. The van der Waals surface area contributed by atoms with E-state index >= 15 is 0 Å². The van der Waals surface area contributed by atoms with Crippen LogP contribution in [0.2, 0.25) is 0 Å². The molecule has 0 atom stereocenters. The average Bonchev–Trinajstić information content (AvgIpc) is 2.42. The summed E-state index contributed by atoms with van der Waals surface area (Å²) in [6.45, 7) is 8.86. The van der Waals surface area contributed by atoms with E-state index in [9.17, 15) is 0 Å². The topological polar surface area (TPSA) is 26.0 Å². The SMILES string of the molecule is Bc1cc(C)c(Cc2ccc(N)c(C(C)C)c2)c(CC)c1. The third-order valence-corrected chi connectivity index (χ3v) is 4.24. The van der Waals surface area contributed by atoms with Crippen molar-refractivity contribution in [3.8, 4) is 0 Å². The first kappa shape index (κ1) is 15.7. The predicted molar refractivity (Wildman–Crippen MR) is 96.5 cm³/mol. The fourth-order valence-electron chi connectivity index (χ4n) is 3.09. The zero-order valence-electron chi connectivity index (χ0n) is 14.0. The molecule has 0 aliphatic carbocycles. The molecule has 0 aliphatic heterocycles. The molecule has 0 aliphatic rings. The molecule has 0 fully saturated rings. The van der Waals surface area contributed by atoms with Crippen molar-refractivity contribution in [1.29, 1.82) is 0 Å². The molecule has 2 heteroatoms. The molecule has 0 heterocycles. The van der Waals surface area contributed by atoms with Gasteiger partial charge < -0.3 is 5.73 Å². The molecule has 2 rings (SSSR count). The van der Waals surface area contributed by atoms with Gasteiger partial charge in [0.05, 0.1) is 0 Å². The molecule has 2 aromatic rings. The van der Waals surface area contributed by atoms with Crippen molar-refractivity contribution in [2.24, 2.45) is 0 Å². The average molecular weight is 279 g/mol. The van der Waals surface area contributed by atoms with Gasteiger partial charge >= 0.3 is 0 Å². The third-order valence-electron chi connectivity index (χ3n) is 4.24. The fraction of sp³-hybridized carbons (Fsp3) is 0.368. The molecule has 1 nitrogen and oxygen atoms in total. The van der Waals surface area contributed by atoms with E-state index in [4.69, 9.17) is 5.73 Å². The van der Waals surface area contributed by atoms with Crippen molar-refractivity contribution < 1.29 is 0 Å². The highest BCUT2D eigenvalue weighted by atomic mass is 14.6. The second-order valence-corrected chi connectivity index (χ2v) is 6.37. The van der Waals surface area contributed by atoms with E-state index in [-0.39, 0.29) is 0 Å². The molecule has 21 heavy (non-hydrogen) atoms. The van der Waals surface area contributed by atoms with Crippen LogP contribution in [0, 0.1) is 6.92 Å². The molecule has 0 amide bonds. The van der Waals surface area contributed by atoms with Crippen LogP contribution in [0.25, 0.3) is 0 Å². The first-order valence-electron chi connectivity index (χ1n) is 7.89. The third kappa shape index (κ3) is 3.50. The van der Waals surface area contributed by atoms with E-state index in [2.05, 4.69) is 65.9 Å². The maximum Gasteiger partial charge on any atom is 0.139 e. The van der Waals surface area contributed by atoms with Gasteiger partial charge in [-0.05, 0) is 59.6 Å². The van der Waals surface area contributed by atoms with Crippen LogP contribution >= 0.6 is 0 Å². The highest BCUT2D eigenvalue weighted by molar-refractivity contribution is 6.32. The number of nitrogens with two attached hydrogens (primary N) is 1. The van der Waals surface area contributed by atoms with Crippen LogP contribution in [0.4, 0.5) is 5.69 Å². The summed E-state index contributed by atoms with van der Waals surface area (Å²) < 4.78 is 0. The van der Waals surface area contributed by atoms with Gasteiger partial charge in [-0.3, -0.25) is 0 Å². The minimum Gasteiger partial charge on any atom is -0.398 e. The van der Waals surface area contributed by atoms with Crippen LogP contribution in [0.1, 0.15) is 54.5 Å². The molecular formula is C19H26BN. The van der Waals surface area contributed by atoms with Crippen LogP contribution < -0.4 is 11.2 Å². The predicted octanol–water partition coefficient (Wildman–Crippen LogP) is 3.11. The van der Waals surface area contributed by atoms with Crippen molar-refractivity contribution in [2.45, 2.75) is 46.5 Å². The van der Waals surface area contributed by atoms with Gasteiger partial charge in [0.2, 0.25) is 0 Å². The van der Waals surface area contributed by atoms with E-state index in [1.807, 2.05) is 0 Å². The van der Waals surface area contributed by atoms with E-state index in [1.165, 1.54) is 33.3 Å². The van der Waals surface area contributed by atoms with E-state index in [0.717, 1.165) is 18.5 Å². The molecule has 0 spiro atoms. The van der Waals surface area contributed by atoms with Gasteiger partial charge in [0, 0.05) is 5.69 Å². The van der Waals surface area contributed by atoms with Gasteiger partial charge in [-0.1, -0.05) is 50.5 Å². The van der Waals surface area contributed by atoms with Crippen molar-refractivity contribution in [1.82, 2.24) is 0 Å².